The lowest BCUT2D eigenvalue weighted by Gasteiger charge is -2.30. The van der Waals surface area contributed by atoms with E-state index in [1.807, 2.05) is 6.07 Å². The summed E-state index contributed by atoms with van der Waals surface area (Å²) in [4.78, 5) is 2.56. The lowest BCUT2D eigenvalue weighted by molar-refractivity contribution is 0.192. The molecule has 0 aromatic heterocycles. The Morgan fingerprint density at radius 2 is 1.58 bits per heavy atom. The lowest BCUT2D eigenvalue weighted by atomic mass is 9.94. The molecule has 24 heavy (non-hydrogen) atoms. The number of hydrogen-bond acceptors (Lipinski definition) is 2. The highest BCUT2D eigenvalue weighted by Gasteiger charge is 2.16. The van der Waals surface area contributed by atoms with Crippen LogP contribution in [0.2, 0.25) is 0 Å². The van der Waals surface area contributed by atoms with E-state index in [1.54, 1.807) is 7.11 Å². The van der Waals surface area contributed by atoms with Crippen LogP contribution in [0.15, 0.2) is 36.4 Å². The highest BCUT2D eigenvalue weighted by molar-refractivity contribution is 5.84. The fourth-order valence-electron chi connectivity index (χ4n) is 3.67. The maximum atomic E-state index is 5.32. The first-order valence-corrected chi connectivity index (χ1v) is 9.38. The molecule has 2 rings (SSSR count). The lowest BCUT2D eigenvalue weighted by Crippen LogP contribution is -2.35. The number of benzene rings is 2. The molecule has 0 fully saturated rings. The summed E-state index contributed by atoms with van der Waals surface area (Å²) in [6.07, 6.45) is 4.86. The van der Waals surface area contributed by atoms with Crippen LogP contribution in [0.25, 0.3) is 10.8 Å². The number of ether oxygens (including phenoxy) is 1. The Kier molecular flexibility index (Phi) is 7.11. The summed E-state index contributed by atoms with van der Waals surface area (Å²) in [5.74, 6) is 1.64. The van der Waals surface area contributed by atoms with E-state index in [9.17, 15) is 0 Å². The van der Waals surface area contributed by atoms with E-state index in [-0.39, 0.29) is 0 Å². The second-order valence-electron chi connectivity index (χ2n) is 6.94. The van der Waals surface area contributed by atoms with Gasteiger partial charge in [-0.15, -0.1) is 0 Å². The Hall–Kier alpha value is -1.54. The van der Waals surface area contributed by atoms with Crippen LogP contribution in [0.5, 0.6) is 5.75 Å². The van der Waals surface area contributed by atoms with Crippen LogP contribution in [-0.4, -0.2) is 31.6 Å². The zero-order valence-electron chi connectivity index (χ0n) is 16.0. The third-order valence-corrected chi connectivity index (χ3v) is 5.33. The van der Waals surface area contributed by atoms with Gasteiger partial charge in [0.25, 0.3) is 0 Å². The van der Waals surface area contributed by atoms with Gasteiger partial charge in [0, 0.05) is 12.6 Å². The van der Waals surface area contributed by atoms with Gasteiger partial charge < -0.3 is 9.64 Å². The Labute approximate surface area is 147 Å². The van der Waals surface area contributed by atoms with Gasteiger partial charge in [-0.1, -0.05) is 51.5 Å². The van der Waals surface area contributed by atoms with Crippen LogP contribution in [-0.2, 0) is 6.42 Å². The van der Waals surface area contributed by atoms with Crippen molar-refractivity contribution in [3.8, 4) is 5.75 Å². The Morgan fingerprint density at radius 1 is 0.917 bits per heavy atom. The van der Waals surface area contributed by atoms with Gasteiger partial charge in [-0.25, -0.2) is 0 Å². The largest absolute Gasteiger partial charge is 0.497 e. The highest BCUT2D eigenvalue weighted by atomic mass is 16.5. The fourth-order valence-corrected chi connectivity index (χ4v) is 3.67. The summed E-state index contributed by atoms with van der Waals surface area (Å²) in [6, 6.07) is 13.9. The first-order chi connectivity index (χ1) is 11.6. The number of fused-ring (bicyclic) bond motifs is 1. The van der Waals surface area contributed by atoms with Crippen molar-refractivity contribution in [2.24, 2.45) is 5.92 Å². The van der Waals surface area contributed by atoms with Crippen LogP contribution >= 0.6 is 0 Å². The molecule has 0 N–H and O–H groups in total. The highest BCUT2D eigenvalue weighted by Crippen LogP contribution is 2.24. The molecule has 0 radical (unpaired) electrons. The van der Waals surface area contributed by atoms with Gasteiger partial charge in [0.15, 0.2) is 0 Å². The van der Waals surface area contributed by atoms with Gasteiger partial charge in [-0.2, -0.15) is 0 Å². The van der Waals surface area contributed by atoms with E-state index >= 15 is 0 Å². The van der Waals surface area contributed by atoms with Crippen molar-refractivity contribution in [3.63, 3.8) is 0 Å². The van der Waals surface area contributed by atoms with Gasteiger partial charge in [0.1, 0.15) is 5.75 Å². The van der Waals surface area contributed by atoms with Crippen LogP contribution in [0.1, 0.15) is 45.6 Å². The average Bonchev–Trinajstić information content (AvgIpc) is 2.61. The topological polar surface area (TPSA) is 12.5 Å². The molecule has 0 bridgehead atoms. The Morgan fingerprint density at radius 3 is 2.21 bits per heavy atom. The van der Waals surface area contributed by atoms with Crippen molar-refractivity contribution in [3.05, 3.63) is 42.0 Å². The van der Waals surface area contributed by atoms with E-state index in [0.29, 0.717) is 12.0 Å². The summed E-state index contributed by atoms with van der Waals surface area (Å²) >= 11 is 0. The number of hydrogen-bond donors (Lipinski definition) is 0. The third kappa shape index (κ3) is 4.73. The minimum absolute atomic E-state index is 0.711. The van der Waals surface area contributed by atoms with Crippen LogP contribution in [0, 0.1) is 5.92 Å². The normalized spacial score (nSPS) is 13.0. The predicted molar refractivity (Wildman–Crippen MR) is 105 cm³/mol. The van der Waals surface area contributed by atoms with Gasteiger partial charge in [0.2, 0.25) is 0 Å². The molecule has 2 nitrogen and oxygen atoms in total. The molecule has 132 valence electrons. The Balaban J connectivity index is 2.08. The SMILES string of the molecule is CCC(Cc1ccc2cc(OC)ccc2c1)CN(C)C(CC)CC. The van der Waals surface area contributed by atoms with E-state index < -0.39 is 0 Å². The molecule has 0 aliphatic heterocycles. The molecule has 2 aromatic carbocycles. The monoisotopic (exact) mass is 327 g/mol. The number of nitrogens with zero attached hydrogens (tertiary/aromatic N) is 1. The zero-order valence-corrected chi connectivity index (χ0v) is 16.0. The molecule has 0 aliphatic carbocycles. The molecule has 0 saturated carbocycles. The van der Waals surface area contributed by atoms with Gasteiger partial charge in [-0.05, 0) is 60.7 Å². The standard InChI is InChI=1S/C22H33NO/c1-6-17(16-23(4)21(7-2)8-3)13-18-9-10-20-15-22(24-5)12-11-19(20)14-18/h9-12,14-15,17,21H,6-8,13,16H2,1-5H3. The first kappa shape index (κ1) is 18.8. The fraction of sp³-hybridized carbons (Fsp3) is 0.545. The summed E-state index contributed by atoms with van der Waals surface area (Å²) in [6.45, 7) is 8.09. The average molecular weight is 328 g/mol. The molecule has 1 atom stereocenters. The number of methoxy groups -OCH3 is 1. The molecule has 0 spiro atoms. The summed E-state index contributed by atoms with van der Waals surface area (Å²) in [5, 5.41) is 2.55. The minimum Gasteiger partial charge on any atom is -0.497 e. The van der Waals surface area contributed by atoms with Crippen molar-refractivity contribution in [2.75, 3.05) is 20.7 Å². The first-order valence-electron chi connectivity index (χ1n) is 9.38. The maximum Gasteiger partial charge on any atom is 0.119 e. The van der Waals surface area contributed by atoms with E-state index in [4.69, 9.17) is 4.74 Å². The maximum absolute atomic E-state index is 5.32. The number of rotatable bonds is 9. The molecule has 2 heteroatoms. The zero-order chi connectivity index (χ0) is 17.5. The molecule has 2 aromatic rings. The van der Waals surface area contributed by atoms with Crippen LogP contribution in [0.4, 0.5) is 0 Å². The van der Waals surface area contributed by atoms with Crippen molar-refractivity contribution in [2.45, 2.75) is 52.5 Å². The van der Waals surface area contributed by atoms with Crippen LogP contribution < -0.4 is 4.74 Å². The molecule has 0 aliphatic rings. The van der Waals surface area contributed by atoms with Crippen molar-refractivity contribution in [1.29, 1.82) is 0 Å². The van der Waals surface area contributed by atoms with Gasteiger partial charge in [-0.3, -0.25) is 0 Å². The summed E-state index contributed by atoms with van der Waals surface area (Å²) < 4.78 is 5.32. The molecular formula is C22H33NO. The molecule has 0 heterocycles. The predicted octanol–water partition coefficient (Wildman–Crippen LogP) is 5.54. The van der Waals surface area contributed by atoms with Crippen LogP contribution in [0.3, 0.4) is 0 Å². The van der Waals surface area contributed by atoms with Crippen molar-refractivity contribution >= 4 is 10.8 Å². The minimum atomic E-state index is 0.711. The molecular weight excluding hydrogens is 294 g/mol. The summed E-state index contributed by atoms with van der Waals surface area (Å²) in [5.41, 5.74) is 1.44. The van der Waals surface area contributed by atoms with E-state index in [1.165, 1.54) is 42.1 Å². The Bertz CT molecular complexity index is 633. The molecule has 1 unspecified atom stereocenters. The smallest absolute Gasteiger partial charge is 0.119 e. The van der Waals surface area contributed by atoms with Crippen molar-refractivity contribution < 1.29 is 4.74 Å². The molecule has 0 amide bonds. The van der Waals surface area contributed by atoms with E-state index in [2.05, 4.69) is 63.1 Å². The second kappa shape index (κ2) is 9.08. The quantitative estimate of drug-likeness (QED) is 0.600. The summed E-state index contributed by atoms with van der Waals surface area (Å²) in [7, 11) is 4.00. The molecule has 0 saturated heterocycles. The second-order valence-corrected chi connectivity index (χ2v) is 6.94. The van der Waals surface area contributed by atoms with Gasteiger partial charge in [0.05, 0.1) is 7.11 Å². The van der Waals surface area contributed by atoms with E-state index in [0.717, 1.165) is 12.2 Å². The van der Waals surface area contributed by atoms with Crippen molar-refractivity contribution in [1.82, 2.24) is 4.90 Å². The van der Waals surface area contributed by atoms with Gasteiger partial charge >= 0.3 is 0 Å². The third-order valence-electron chi connectivity index (χ3n) is 5.33.